The molecule has 1 aliphatic carbocycles. The number of ether oxygens (including phenoxy) is 1. The molecule has 0 bridgehead atoms. The lowest BCUT2D eigenvalue weighted by molar-refractivity contribution is -0.384. The molecule has 0 aliphatic heterocycles. The van der Waals surface area contributed by atoms with Crippen LogP contribution in [-0.2, 0) is 9.53 Å². The number of amides is 1. The predicted octanol–water partition coefficient (Wildman–Crippen LogP) is 3.23. The van der Waals surface area contributed by atoms with E-state index in [0.717, 1.165) is 25.7 Å². The Kier molecular flexibility index (Phi) is 6.50. The van der Waals surface area contributed by atoms with Crippen LogP contribution in [0.3, 0.4) is 0 Å². The second-order valence-corrected chi connectivity index (χ2v) is 6.80. The summed E-state index contributed by atoms with van der Waals surface area (Å²) >= 11 is 0. The molecule has 7 nitrogen and oxygen atoms in total. The van der Waals surface area contributed by atoms with E-state index in [-0.39, 0.29) is 23.3 Å². The fourth-order valence-corrected chi connectivity index (χ4v) is 2.91. The van der Waals surface area contributed by atoms with E-state index in [4.69, 9.17) is 4.74 Å². The molecule has 1 amide bonds. The van der Waals surface area contributed by atoms with Crippen LogP contribution in [0.15, 0.2) is 24.3 Å². The number of carbonyl (C=O) groups excluding carboxylic acids is 2. The van der Waals surface area contributed by atoms with E-state index in [2.05, 4.69) is 5.32 Å². The number of carbonyl (C=O) groups is 2. The summed E-state index contributed by atoms with van der Waals surface area (Å²) in [7, 11) is 0. The summed E-state index contributed by atoms with van der Waals surface area (Å²) in [5.41, 5.74) is 0.184. The lowest BCUT2D eigenvalue weighted by atomic mass is 10.0. The Hall–Kier alpha value is -2.44. The molecule has 1 fully saturated rings. The van der Waals surface area contributed by atoms with Crippen molar-refractivity contribution in [2.24, 2.45) is 5.92 Å². The number of non-ortho nitro benzene ring substituents is 1. The monoisotopic (exact) mass is 348 g/mol. The van der Waals surface area contributed by atoms with E-state index in [9.17, 15) is 19.7 Å². The number of hydrogen-bond donors (Lipinski definition) is 1. The van der Waals surface area contributed by atoms with Gasteiger partial charge in [0.05, 0.1) is 4.92 Å². The second-order valence-electron chi connectivity index (χ2n) is 6.80. The van der Waals surface area contributed by atoms with Crippen molar-refractivity contribution >= 4 is 17.6 Å². The summed E-state index contributed by atoms with van der Waals surface area (Å²) in [5, 5.41) is 13.4. The summed E-state index contributed by atoms with van der Waals surface area (Å²) in [6.45, 7) is 3.93. The third kappa shape index (κ3) is 5.55. The molecule has 1 atom stereocenters. The van der Waals surface area contributed by atoms with Gasteiger partial charge >= 0.3 is 5.97 Å². The maximum Gasteiger partial charge on any atom is 0.328 e. The smallest absolute Gasteiger partial charge is 0.328 e. The third-order valence-corrected chi connectivity index (χ3v) is 4.22. The standard InChI is InChI=1S/C18H24N2O5/c1-12(2)11-16(18(22)25-15-5-3-4-6-15)19-17(21)13-7-9-14(10-8-13)20(23)24/h7-10,12,15-16H,3-6,11H2,1-2H3,(H,19,21)/t16-/m0/s1. The molecule has 1 aliphatic rings. The van der Waals surface area contributed by atoms with Gasteiger partial charge in [-0.1, -0.05) is 13.8 Å². The molecule has 1 aromatic rings. The Morgan fingerprint density at radius 3 is 2.36 bits per heavy atom. The van der Waals surface area contributed by atoms with Crippen LogP contribution in [0.1, 0.15) is 56.3 Å². The maximum atomic E-state index is 12.4. The molecule has 0 aromatic heterocycles. The molecule has 0 spiro atoms. The average Bonchev–Trinajstić information content (AvgIpc) is 3.06. The van der Waals surface area contributed by atoms with E-state index < -0.39 is 22.8 Å². The van der Waals surface area contributed by atoms with Gasteiger partial charge in [0, 0.05) is 17.7 Å². The first-order valence-electron chi connectivity index (χ1n) is 8.62. The highest BCUT2D eigenvalue weighted by atomic mass is 16.6. The lowest BCUT2D eigenvalue weighted by Crippen LogP contribution is -2.43. The highest BCUT2D eigenvalue weighted by Crippen LogP contribution is 2.22. The summed E-state index contributed by atoms with van der Waals surface area (Å²) in [6.07, 6.45) is 4.28. The van der Waals surface area contributed by atoms with Crippen LogP contribution in [0, 0.1) is 16.0 Å². The summed E-state index contributed by atoms with van der Waals surface area (Å²) in [5.74, 6) is -0.641. The number of nitro groups is 1. The molecule has 1 aromatic carbocycles. The van der Waals surface area contributed by atoms with Crippen molar-refractivity contribution in [1.29, 1.82) is 0 Å². The van der Waals surface area contributed by atoms with Crippen molar-refractivity contribution in [1.82, 2.24) is 5.32 Å². The van der Waals surface area contributed by atoms with Crippen molar-refractivity contribution in [2.75, 3.05) is 0 Å². The molecule has 0 radical (unpaired) electrons. The minimum absolute atomic E-state index is 0.0570. The number of esters is 1. The molecular formula is C18H24N2O5. The molecule has 25 heavy (non-hydrogen) atoms. The molecule has 1 N–H and O–H groups in total. The molecular weight excluding hydrogens is 324 g/mol. The topological polar surface area (TPSA) is 98.5 Å². The van der Waals surface area contributed by atoms with Crippen LogP contribution in [0.4, 0.5) is 5.69 Å². The quantitative estimate of drug-likeness (QED) is 0.463. The van der Waals surface area contributed by atoms with Crippen molar-refractivity contribution in [3.05, 3.63) is 39.9 Å². The van der Waals surface area contributed by atoms with E-state index in [1.807, 2.05) is 13.8 Å². The number of nitrogens with one attached hydrogen (secondary N) is 1. The van der Waals surface area contributed by atoms with Gasteiger partial charge in [0.2, 0.25) is 0 Å². The molecule has 2 rings (SSSR count). The summed E-state index contributed by atoms with van der Waals surface area (Å²) in [6, 6.07) is 4.57. The molecule has 136 valence electrons. The zero-order valence-electron chi connectivity index (χ0n) is 14.6. The Balaban J connectivity index is 2.02. The minimum atomic E-state index is -0.719. The van der Waals surface area contributed by atoms with Gasteiger partial charge in [-0.15, -0.1) is 0 Å². The van der Waals surface area contributed by atoms with E-state index in [0.29, 0.717) is 6.42 Å². The van der Waals surface area contributed by atoms with Crippen LogP contribution in [0.2, 0.25) is 0 Å². The fourth-order valence-electron chi connectivity index (χ4n) is 2.91. The zero-order chi connectivity index (χ0) is 18.4. The molecule has 0 heterocycles. The Morgan fingerprint density at radius 1 is 1.24 bits per heavy atom. The van der Waals surface area contributed by atoms with Gasteiger partial charge in [-0.3, -0.25) is 14.9 Å². The van der Waals surface area contributed by atoms with Crippen molar-refractivity contribution in [3.8, 4) is 0 Å². The average molecular weight is 348 g/mol. The zero-order valence-corrected chi connectivity index (χ0v) is 14.6. The van der Waals surface area contributed by atoms with Gasteiger partial charge in [0.15, 0.2) is 0 Å². The highest BCUT2D eigenvalue weighted by Gasteiger charge is 2.28. The highest BCUT2D eigenvalue weighted by molar-refractivity contribution is 5.97. The van der Waals surface area contributed by atoms with Crippen LogP contribution < -0.4 is 5.32 Å². The maximum absolute atomic E-state index is 12.4. The van der Waals surface area contributed by atoms with E-state index in [1.54, 1.807) is 0 Å². The molecule has 0 unspecified atom stereocenters. The predicted molar refractivity (Wildman–Crippen MR) is 92.2 cm³/mol. The second kappa shape index (κ2) is 8.60. The van der Waals surface area contributed by atoms with Crippen molar-refractivity contribution < 1.29 is 19.2 Å². The molecule has 1 saturated carbocycles. The van der Waals surface area contributed by atoms with Crippen molar-refractivity contribution in [3.63, 3.8) is 0 Å². The largest absolute Gasteiger partial charge is 0.461 e. The van der Waals surface area contributed by atoms with Crippen LogP contribution in [-0.4, -0.2) is 28.9 Å². The lowest BCUT2D eigenvalue weighted by Gasteiger charge is -2.21. The number of benzene rings is 1. The molecule has 0 saturated heterocycles. The SMILES string of the molecule is CC(C)C[C@H](NC(=O)c1ccc([N+](=O)[O-])cc1)C(=O)OC1CCCC1. The Morgan fingerprint density at radius 2 is 1.84 bits per heavy atom. The minimum Gasteiger partial charge on any atom is -0.461 e. The van der Waals surface area contributed by atoms with E-state index >= 15 is 0 Å². The first-order chi connectivity index (χ1) is 11.9. The number of rotatable bonds is 7. The first kappa shape index (κ1) is 18.9. The van der Waals surface area contributed by atoms with Gasteiger partial charge < -0.3 is 10.1 Å². The van der Waals surface area contributed by atoms with Crippen LogP contribution in [0.25, 0.3) is 0 Å². The summed E-state index contributed by atoms with van der Waals surface area (Å²) in [4.78, 5) is 34.9. The van der Waals surface area contributed by atoms with E-state index in [1.165, 1.54) is 24.3 Å². The molecule has 7 heteroatoms. The Labute approximate surface area is 146 Å². The van der Waals surface area contributed by atoms with Gasteiger partial charge in [0.1, 0.15) is 12.1 Å². The first-order valence-corrected chi connectivity index (χ1v) is 8.62. The van der Waals surface area contributed by atoms with Crippen molar-refractivity contribution in [2.45, 2.75) is 58.1 Å². The van der Waals surface area contributed by atoms with Gasteiger partial charge in [-0.2, -0.15) is 0 Å². The number of nitro benzene ring substituents is 1. The van der Waals surface area contributed by atoms with Gasteiger partial charge in [-0.05, 0) is 50.2 Å². The van der Waals surface area contributed by atoms with Gasteiger partial charge in [-0.25, -0.2) is 4.79 Å². The fraction of sp³-hybridized carbons (Fsp3) is 0.556. The normalized spacial score (nSPS) is 15.8. The summed E-state index contributed by atoms with van der Waals surface area (Å²) < 4.78 is 5.52. The third-order valence-electron chi connectivity index (χ3n) is 4.22. The van der Waals surface area contributed by atoms with Gasteiger partial charge in [0.25, 0.3) is 11.6 Å². The number of hydrogen-bond acceptors (Lipinski definition) is 5. The Bertz CT molecular complexity index is 621. The number of nitrogens with zero attached hydrogens (tertiary/aromatic N) is 1. The van der Waals surface area contributed by atoms with Crippen LogP contribution >= 0.6 is 0 Å². The van der Waals surface area contributed by atoms with Crippen LogP contribution in [0.5, 0.6) is 0 Å².